The maximum absolute atomic E-state index is 11.2. The van der Waals surface area contributed by atoms with Gasteiger partial charge < -0.3 is 30.2 Å². The van der Waals surface area contributed by atoms with Crippen LogP contribution in [0.1, 0.15) is 22.8 Å². The highest BCUT2D eigenvalue weighted by molar-refractivity contribution is 7.19. The molecule has 0 unspecified atom stereocenters. The van der Waals surface area contributed by atoms with Gasteiger partial charge in [-0.25, -0.2) is 9.78 Å². The summed E-state index contributed by atoms with van der Waals surface area (Å²) in [6, 6.07) is 10.1. The summed E-state index contributed by atoms with van der Waals surface area (Å²) in [5.74, 6) is 0.931. The average molecular weight is 468 g/mol. The minimum absolute atomic E-state index is 0.129. The molecular formula is C22H21N5O5S. The number of aryl methyl sites for hydroxylation is 1. The number of nitrogens with one attached hydrogen (secondary N) is 1. The Bertz CT molecular complexity index is 1290. The van der Waals surface area contributed by atoms with Crippen LogP contribution in [0.25, 0.3) is 22.2 Å². The van der Waals surface area contributed by atoms with Crippen LogP contribution in [-0.4, -0.2) is 40.4 Å². The van der Waals surface area contributed by atoms with Gasteiger partial charge in [0.05, 0.1) is 19.8 Å². The van der Waals surface area contributed by atoms with Crippen molar-refractivity contribution in [1.82, 2.24) is 15.1 Å². The molecule has 0 spiro atoms. The zero-order chi connectivity index (χ0) is 23.5. The van der Waals surface area contributed by atoms with E-state index in [2.05, 4.69) is 20.4 Å². The maximum atomic E-state index is 11.2. The number of nitrogens with two attached hydrogens (primary N) is 1. The first-order valence-corrected chi connectivity index (χ1v) is 10.7. The molecule has 0 aliphatic rings. The van der Waals surface area contributed by atoms with Crippen LogP contribution in [0.2, 0.25) is 0 Å². The first-order valence-electron chi connectivity index (χ1n) is 9.89. The van der Waals surface area contributed by atoms with E-state index in [1.165, 1.54) is 23.5 Å². The molecule has 0 saturated heterocycles. The average Bonchev–Trinajstić information content (AvgIpc) is 3.45. The molecule has 0 saturated carbocycles. The molecule has 4 N–H and O–H groups in total. The maximum Gasteiger partial charge on any atom is 0.335 e. The number of hydrogen-bond donors (Lipinski definition) is 3. The van der Waals surface area contributed by atoms with Crippen molar-refractivity contribution < 1.29 is 23.9 Å². The van der Waals surface area contributed by atoms with E-state index in [0.717, 1.165) is 17.7 Å². The molecule has 10 nitrogen and oxygen atoms in total. The zero-order valence-electron chi connectivity index (χ0n) is 18.1. The molecule has 0 bridgehead atoms. The van der Waals surface area contributed by atoms with Gasteiger partial charge in [0.15, 0.2) is 16.6 Å². The van der Waals surface area contributed by atoms with Gasteiger partial charge in [-0.05, 0) is 30.2 Å². The fourth-order valence-corrected chi connectivity index (χ4v) is 4.09. The molecule has 0 atom stereocenters. The number of carbonyl (C=O) groups is 1. The first-order chi connectivity index (χ1) is 15.9. The van der Waals surface area contributed by atoms with E-state index in [1.54, 1.807) is 26.4 Å². The minimum atomic E-state index is -1.04. The second-order valence-corrected chi connectivity index (χ2v) is 7.89. The molecule has 0 aliphatic carbocycles. The fourth-order valence-electron chi connectivity index (χ4n) is 3.26. The summed E-state index contributed by atoms with van der Waals surface area (Å²) in [6.07, 6.45) is 0.758. The van der Waals surface area contributed by atoms with Crippen molar-refractivity contribution in [1.29, 1.82) is 0 Å². The van der Waals surface area contributed by atoms with Crippen molar-refractivity contribution in [2.45, 2.75) is 13.3 Å². The highest BCUT2D eigenvalue weighted by Gasteiger charge is 2.19. The molecule has 0 radical (unpaired) electrons. The molecule has 4 aromatic rings. The number of aromatic carboxylic acids is 1. The summed E-state index contributed by atoms with van der Waals surface area (Å²) in [5, 5.41) is 16.9. The van der Waals surface area contributed by atoms with Crippen LogP contribution in [0.15, 0.2) is 40.9 Å². The predicted octanol–water partition coefficient (Wildman–Crippen LogP) is 4.46. The number of aromatic nitrogens is 3. The van der Waals surface area contributed by atoms with Crippen LogP contribution in [-0.2, 0) is 6.42 Å². The third-order valence-electron chi connectivity index (χ3n) is 4.83. The number of methoxy groups -OCH3 is 2. The highest BCUT2D eigenvalue weighted by atomic mass is 32.1. The lowest BCUT2D eigenvalue weighted by Gasteiger charge is -2.14. The van der Waals surface area contributed by atoms with Gasteiger partial charge in [0, 0.05) is 17.3 Å². The zero-order valence-corrected chi connectivity index (χ0v) is 18.9. The third kappa shape index (κ3) is 4.44. The smallest absolute Gasteiger partial charge is 0.335 e. The number of benzene rings is 2. The Balaban J connectivity index is 1.62. The lowest BCUT2D eigenvalue weighted by atomic mass is 10.1. The van der Waals surface area contributed by atoms with Crippen molar-refractivity contribution in [3.8, 4) is 33.7 Å². The molecule has 4 rings (SSSR count). The Kier molecular flexibility index (Phi) is 6.13. The number of rotatable bonds is 8. The van der Waals surface area contributed by atoms with Gasteiger partial charge in [0.2, 0.25) is 5.82 Å². The molecule has 11 heteroatoms. The Morgan fingerprint density at radius 2 is 2.03 bits per heavy atom. The topological polar surface area (TPSA) is 146 Å². The molecule has 33 heavy (non-hydrogen) atoms. The monoisotopic (exact) mass is 467 g/mol. The van der Waals surface area contributed by atoms with Crippen molar-refractivity contribution in [2.75, 3.05) is 25.3 Å². The van der Waals surface area contributed by atoms with Gasteiger partial charge in [0.25, 0.3) is 5.89 Å². The van der Waals surface area contributed by atoms with E-state index in [9.17, 15) is 9.90 Å². The number of anilines is 3. The largest absolute Gasteiger partial charge is 0.493 e. The molecule has 0 fully saturated rings. The van der Waals surface area contributed by atoms with E-state index in [1.807, 2.05) is 19.1 Å². The number of nitrogen functional groups attached to an aromatic ring is 1. The van der Waals surface area contributed by atoms with Crippen molar-refractivity contribution >= 4 is 33.9 Å². The Morgan fingerprint density at radius 3 is 2.73 bits per heavy atom. The quantitative estimate of drug-likeness (QED) is 0.339. The Morgan fingerprint density at radius 1 is 1.21 bits per heavy atom. The lowest BCUT2D eigenvalue weighted by molar-refractivity contribution is 0.0697. The molecule has 0 aliphatic heterocycles. The number of hydrogen-bond acceptors (Lipinski definition) is 10. The van der Waals surface area contributed by atoms with Crippen LogP contribution in [0, 0.1) is 0 Å². The van der Waals surface area contributed by atoms with E-state index in [4.69, 9.17) is 19.7 Å². The number of carboxylic acids is 1. The Hall–Kier alpha value is -4.12. The van der Waals surface area contributed by atoms with E-state index in [-0.39, 0.29) is 23.1 Å². The number of nitrogens with zero attached hydrogens (tertiary/aromatic N) is 3. The first kappa shape index (κ1) is 22.1. The van der Waals surface area contributed by atoms with Crippen LogP contribution in [0.3, 0.4) is 0 Å². The number of carboxylic acid groups (broad SMARTS) is 1. The van der Waals surface area contributed by atoms with Gasteiger partial charge in [-0.2, -0.15) is 4.98 Å². The van der Waals surface area contributed by atoms with Crippen molar-refractivity contribution in [3.05, 3.63) is 47.5 Å². The highest BCUT2D eigenvalue weighted by Crippen LogP contribution is 2.39. The second kappa shape index (κ2) is 9.17. The van der Waals surface area contributed by atoms with Gasteiger partial charge in [0.1, 0.15) is 10.7 Å². The molecule has 170 valence electrons. The molecule has 2 heterocycles. The van der Waals surface area contributed by atoms with Gasteiger partial charge >= 0.3 is 5.97 Å². The summed E-state index contributed by atoms with van der Waals surface area (Å²) in [7, 11) is 3.19. The fraction of sp³-hybridized carbons (Fsp3) is 0.182. The van der Waals surface area contributed by atoms with E-state index in [0.29, 0.717) is 27.1 Å². The van der Waals surface area contributed by atoms with Crippen molar-refractivity contribution in [3.63, 3.8) is 0 Å². The summed E-state index contributed by atoms with van der Waals surface area (Å²) < 4.78 is 16.3. The van der Waals surface area contributed by atoms with E-state index >= 15 is 0 Å². The predicted molar refractivity (Wildman–Crippen MR) is 124 cm³/mol. The van der Waals surface area contributed by atoms with Crippen LogP contribution < -0.4 is 20.5 Å². The van der Waals surface area contributed by atoms with Crippen molar-refractivity contribution in [2.24, 2.45) is 0 Å². The van der Waals surface area contributed by atoms with Crippen LogP contribution in [0.5, 0.6) is 11.5 Å². The van der Waals surface area contributed by atoms with Crippen LogP contribution >= 0.6 is 11.3 Å². The minimum Gasteiger partial charge on any atom is -0.493 e. The molecule has 2 aromatic heterocycles. The molecule has 0 amide bonds. The summed E-state index contributed by atoms with van der Waals surface area (Å²) in [4.78, 5) is 20.4. The standard InChI is InChI=1S/C22H21N5O5S/c1-4-11-9-14(10-15(30-2)16(11)31-3)24-22-25-18(23)17(33-22)20-26-19(27-32-20)12-6-5-7-13(8-12)21(28)29/h5-10H,4,23H2,1-3H3,(H,24,25)(H,28,29). The third-order valence-corrected chi connectivity index (χ3v) is 5.80. The molecule has 2 aromatic carbocycles. The molecular weight excluding hydrogens is 446 g/mol. The summed E-state index contributed by atoms with van der Waals surface area (Å²) >= 11 is 1.25. The van der Waals surface area contributed by atoms with Crippen LogP contribution in [0.4, 0.5) is 16.6 Å². The summed E-state index contributed by atoms with van der Waals surface area (Å²) in [6.45, 7) is 2.03. The van der Waals surface area contributed by atoms with Gasteiger partial charge in [-0.3, -0.25) is 0 Å². The van der Waals surface area contributed by atoms with E-state index < -0.39 is 5.97 Å². The summed E-state index contributed by atoms with van der Waals surface area (Å²) in [5.41, 5.74) is 8.50. The number of thiazole rings is 1. The van der Waals surface area contributed by atoms with Gasteiger partial charge in [-0.15, -0.1) is 0 Å². The SMILES string of the molecule is CCc1cc(Nc2nc(N)c(-c3nc(-c4cccc(C(=O)O)c4)no3)s2)cc(OC)c1OC. The number of ether oxygens (including phenoxy) is 2. The lowest BCUT2D eigenvalue weighted by Crippen LogP contribution is -1.98. The van der Waals surface area contributed by atoms with Gasteiger partial charge in [-0.1, -0.05) is 35.5 Å². The second-order valence-electron chi connectivity index (χ2n) is 6.89. The Labute approximate surface area is 193 Å². The normalized spacial score (nSPS) is 10.8.